The van der Waals surface area contributed by atoms with E-state index >= 15 is 0 Å². The summed E-state index contributed by atoms with van der Waals surface area (Å²) < 4.78 is 20.6. The highest BCUT2D eigenvalue weighted by molar-refractivity contribution is 7.98. The Labute approximate surface area is 156 Å². The third kappa shape index (κ3) is 3.21. The number of thioether (sulfide) groups is 1. The maximum absolute atomic E-state index is 13.4. The van der Waals surface area contributed by atoms with Gasteiger partial charge in [0.15, 0.2) is 0 Å². The lowest BCUT2D eigenvalue weighted by Crippen LogP contribution is -2.15. The first kappa shape index (κ1) is 18.5. The molecular formula is C20H21FN2O2S. The number of halogens is 1. The molecule has 0 aliphatic carbocycles. The predicted molar refractivity (Wildman–Crippen MR) is 102 cm³/mol. The highest BCUT2D eigenvalue weighted by Gasteiger charge is 2.26. The summed E-state index contributed by atoms with van der Waals surface area (Å²) in [5.74, 6) is -0.701. The van der Waals surface area contributed by atoms with Crippen LogP contribution in [0.1, 0.15) is 42.7 Å². The molecule has 0 aliphatic heterocycles. The number of carbonyl (C=O) groups is 1. The molecule has 0 atom stereocenters. The molecule has 26 heavy (non-hydrogen) atoms. The van der Waals surface area contributed by atoms with E-state index in [-0.39, 0.29) is 18.3 Å². The van der Waals surface area contributed by atoms with Gasteiger partial charge in [-0.05, 0) is 48.9 Å². The van der Waals surface area contributed by atoms with Gasteiger partial charge >= 0.3 is 5.97 Å². The first-order valence-corrected chi connectivity index (χ1v) is 9.73. The number of hydrogen-bond acceptors (Lipinski definition) is 4. The fraction of sp³-hybridized carbons (Fsp3) is 0.300. The molecule has 0 unspecified atom stereocenters. The minimum Gasteiger partial charge on any atom is -0.462 e. The summed E-state index contributed by atoms with van der Waals surface area (Å²) in [6, 6.07) is 10.1. The average molecular weight is 372 g/mol. The van der Waals surface area contributed by atoms with Crippen molar-refractivity contribution in [1.29, 1.82) is 0 Å². The highest BCUT2D eigenvalue weighted by Crippen LogP contribution is 2.35. The van der Waals surface area contributed by atoms with E-state index < -0.39 is 5.97 Å². The van der Waals surface area contributed by atoms with E-state index in [9.17, 15) is 9.18 Å². The number of esters is 1. The van der Waals surface area contributed by atoms with Crippen LogP contribution in [0.15, 0.2) is 41.4 Å². The SMILES string of the molecule is CCOC(=O)c1c(C(C)C)nn2c(SC)ccc2c1-c1ccc(F)cc1. The molecule has 0 N–H and O–H groups in total. The van der Waals surface area contributed by atoms with Gasteiger partial charge in [0.2, 0.25) is 0 Å². The minimum atomic E-state index is -0.405. The summed E-state index contributed by atoms with van der Waals surface area (Å²) in [6.07, 6.45) is 1.98. The Balaban J connectivity index is 2.43. The van der Waals surface area contributed by atoms with Gasteiger partial charge in [-0.1, -0.05) is 26.0 Å². The van der Waals surface area contributed by atoms with Crippen LogP contribution in [0.5, 0.6) is 0 Å². The highest BCUT2D eigenvalue weighted by atomic mass is 32.2. The summed E-state index contributed by atoms with van der Waals surface area (Å²) in [7, 11) is 0. The lowest BCUT2D eigenvalue weighted by Gasteiger charge is -2.18. The van der Waals surface area contributed by atoms with E-state index in [1.54, 1.807) is 30.8 Å². The van der Waals surface area contributed by atoms with E-state index in [2.05, 4.69) is 0 Å². The van der Waals surface area contributed by atoms with Gasteiger partial charge in [-0.15, -0.1) is 11.8 Å². The number of carbonyl (C=O) groups excluding carboxylic acids is 1. The van der Waals surface area contributed by atoms with Crippen molar-refractivity contribution in [2.45, 2.75) is 31.7 Å². The molecule has 0 radical (unpaired) electrons. The first-order valence-electron chi connectivity index (χ1n) is 8.50. The second-order valence-electron chi connectivity index (χ2n) is 6.19. The molecule has 4 nitrogen and oxygen atoms in total. The molecule has 0 fully saturated rings. The Hall–Kier alpha value is -2.34. The third-order valence-electron chi connectivity index (χ3n) is 4.16. The number of ether oxygens (including phenoxy) is 1. The van der Waals surface area contributed by atoms with Gasteiger partial charge in [0.05, 0.1) is 28.4 Å². The van der Waals surface area contributed by atoms with Crippen LogP contribution in [0.3, 0.4) is 0 Å². The van der Waals surface area contributed by atoms with E-state index in [1.807, 2.05) is 36.8 Å². The standard InChI is InChI=1S/C20H21FN2O2S/c1-5-25-20(24)18-17(13-6-8-14(21)9-7-13)15-10-11-16(26-4)23(15)22-19(18)12(2)3/h6-12H,5H2,1-4H3. The van der Waals surface area contributed by atoms with Crippen LogP contribution in [0.25, 0.3) is 16.6 Å². The maximum atomic E-state index is 13.4. The van der Waals surface area contributed by atoms with E-state index in [4.69, 9.17) is 9.84 Å². The summed E-state index contributed by atoms with van der Waals surface area (Å²) in [5.41, 5.74) is 3.40. The summed E-state index contributed by atoms with van der Waals surface area (Å²) in [4.78, 5) is 12.8. The van der Waals surface area contributed by atoms with E-state index in [0.717, 1.165) is 21.7 Å². The summed E-state index contributed by atoms with van der Waals surface area (Å²) in [6.45, 7) is 6.04. The van der Waals surface area contributed by atoms with Gasteiger partial charge in [0.1, 0.15) is 5.82 Å². The molecule has 0 saturated heterocycles. The van der Waals surface area contributed by atoms with Gasteiger partial charge in [0, 0.05) is 5.56 Å². The lowest BCUT2D eigenvalue weighted by atomic mass is 9.94. The van der Waals surface area contributed by atoms with Crippen LogP contribution in [0.4, 0.5) is 4.39 Å². The largest absolute Gasteiger partial charge is 0.462 e. The number of benzene rings is 1. The molecule has 2 heterocycles. The maximum Gasteiger partial charge on any atom is 0.340 e. The lowest BCUT2D eigenvalue weighted by molar-refractivity contribution is 0.0524. The fourth-order valence-corrected chi connectivity index (χ4v) is 3.51. The molecule has 6 heteroatoms. The van der Waals surface area contributed by atoms with Crippen LogP contribution in [-0.4, -0.2) is 28.4 Å². The van der Waals surface area contributed by atoms with Crippen molar-refractivity contribution in [3.63, 3.8) is 0 Å². The smallest absolute Gasteiger partial charge is 0.340 e. The summed E-state index contributed by atoms with van der Waals surface area (Å²) >= 11 is 1.58. The van der Waals surface area contributed by atoms with Gasteiger partial charge in [0.25, 0.3) is 0 Å². The summed E-state index contributed by atoms with van der Waals surface area (Å²) in [5, 5.41) is 5.71. The zero-order valence-electron chi connectivity index (χ0n) is 15.2. The number of fused-ring (bicyclic) bond motifs is 1. The number of hydrogen-bond donors (Lipinski definition) is 0. The molecule has 0 saturated carbocycles. The molecule has 0 amide bonds. The Kier molecular flexibility index (Phi) is 5.32. The van der Waals surface area contributed by atoms with Crippen LogP contribution >= 0.6 is 11.8 Å². The van der Waals surface area contributed by atoms with Crippen molar-refractivity contribution in [1.82, 2.24) is 9.61 Å². The average Bonchev–Trinajstić information content (AvgIpc) is 3.03. The molecule has 136 valence electrons. The van der Waals surface area contributed by atoms with Crippen molar-refractivity contribution in [2.24, 2.45) is 0 Å². The van der Waals surface area contributed by atoms with Gasteiger partial charge in [-0.25, -0.2) is 13.7 Å². The Morgan fingerprint density at radius 1 is 1.23 bits per heavy atom. The number of rotatable bonds is 5. The Bertz CT molecular complexity index is 949. The van der Waals surface area contributed by atoms with Gasteiger partial charge in [-0.3, -0.25) is 0 Å². The van der Waals surface area contributed by atoms with Crippen LogP contribution < -0.4 is 0 Å². The molecule has 0 aliphatic rings. The monoisotopic (exact) mass is 372 g/mol. The third-order valence-corrected chi connectivity index (χ3v) is 4.89. The number of aromatic nitrogens is 2. The van der Waals surface area contributed by atoms with Gasteiger partial charge in [-0.2, -0.15) is 5.10 Å². The second-order valence-corrected chi connectivity index (χ2v) is 7.02. The zero-order chi connectivity index (χ0) is 18.8. The second kappa shape index (κ2) is 7.50. The number of nitrogens with zero attached hydrogens (tertiary/aromatic N) is 2. The van der Waals surface area contributed by atoms with Crippen molar-refractivity contribution in [2.75, 3.05) is 12.9 Å². The van der Waals surface area contributed by atoms with Crippen molar-refractivity contribution in [3.8, 4) is 11.1 Å². The Morgan fingerprint density at radius 2 is 1.92 bits per heavy atom. The van der Waals surface area contributed by atoms with Crippen molar-refractivity contribution in [3.05, 3.63) is 53.5 Å². The van der Waals surface area contributed by atoms with Crippen LogP contribution in [0.2, 0.25) is 0 Å². The molecule has 3 rings (SSSR count). The van der Waals surface area contributed by atoms with Crippen LogP contribution in [-0.2, 0) is 4.74 Å². The Morgan fingerprint density at radius 3 is 2.50 bits per heavy atom. The molecule has 2 aromatic heterocycles. The van der Waals surface area contributed by atoms with Gasteiger partial charge < -0.3 is 4.74 Å². The molecule has 1 aromatic carbocycles. The fourth-order valence-electron chi connectivity index (χ4n) is 2.99. The molecule has 0 spiro atoms. The normalized spacial score (nSPS) is 11.3. The quantitative estimate of drug-likeness (QED) is 0.458. The minimum absolute atomic E-state index is 0.0233. The van der Waals surface area contributed by atoms with Crippen molar-refractivity contribution < 1.29 is 13.9 Å². The predicted octanol–water partition coefficient (Wildman–Crippen LogP) is 5.16. The van der Waals surface area contributed by atoms with Crippen LogP contribution in [0, 0.1) is 5.82 Å². The van der Waals surface area contributed by atoms with E-state index in [1.165, 1.54) is 12.1 Å². The van der Waals surface area contributed by atoms with Crippen molar-refractivity contribution >= 4 is 23.2 Å². The van der Waals surface area contributed by atoms with E-state index in [0.29, 0.717) is 11.3 Å². The molecule has 3 aromatic rings. The zero-order valence-corrected chi connectivity index (χ0v) is 16.1. The first-order chi connectivity index (χ1) is 12.5. The molecule has 0 bridgehead atoms. The molecular weight excluding hydrogens is 351 g/mol. The topological polar surface area (TPSA) is 43.6 Å².